The number of rotatable bonds is 6. The summed E-state index contributed by atoms with van der Waals surface area (Å²) in [6.07, 6.45) is 1.64. The average molecular weight is 436 g/mol. The first-order valence-electron chi connectivity index (χ1n) is 10.6. The Morgan fingerprint density at radius 2 is 2.00 bits per heavy atom. The zero-order valence-corrected chi connectivity index (χ0v) is 17.8. The van der Waals surface area contributed by atoms with E-state index in [1.807, 2.05) is 48.2 Å². The van der Waals surface area contributed by atoms with Crippen LogP contribution in [0.25, 0.3) is 11.3 Å². The van der Waals surface area contributed by atoms with E-state index in [2.05, 4.69) is 15.8 Å². The highest BCUT2D eigenvalue weighted by molar-refractivity contribution is 5.95. The van der Waals surface area contributed by atoms with E-state index < -0.39 is 5.91 Å². The second-order valence-corrected chi connectivity index (χ2v) is 7.93. The number of amides is 2. The Morgan fingerprint density at radius 3 is 2.81 bits per heavy atom. The summed E-state index contributed by atoms with van der Waals surface area (Å²) in [7, 11) is 0. The summed E-state index contributed by atoms with van der Waals surface area (Å²) in [6, 6.07) is 15.8. The molecule has 0 spiro atoms. The summed E-state index contributed by atoms with van der Waals surface area (Å²) in [6.45, 7) is 3.00. The molecule has 1 fully saturated rings. The topological polar surface area (TPSA) is 87.5 Å². The number of aryl methyl sites for hydroxylation is 1. The van der Waals surface area contributed by atoms with Gasteiger partial charge in [-0.15, -0.1) is 0 Å². The van der Waals surface area contributed by atoms with Crippen LogP contribution in [-0.4, -0.2) is 42.6 Å². The molecule has 8 heteroatoms. The van der Waals surface area contributed by atoms with Crippen LogP contribution in [0, 0.1) is 12.7 Å². The summed E-state index contributed by atoms with van der Waals surface area (Å²) < 4.78 is 19.5. The van der Waals surface area contributed by atoms with Gasteiger partial charge in [0.2, 0.25) is 5.91 Å². The van der Waals surface area contributed by atoms with Gasteiger partial charge in [0.1, 0.15) is 5.82 Å². The molecule has 7 nitrogen and oxygen atoms in total. The van der Waals surface area contributed by atoms with Crippen molar-refractivity contribution in [3.05, 3.63) is 71.7 Å². The van der Waals surface area contributed by atoms with Crippen molar-refractivity contribution in [1.82, 2.24) is 15.8 Å². The lowest BCUT2D eigenvalue weighted by Crippen LogP contribution is -2.50. The van der Waals surface area contributed by atoms with E-state index >= 15 is 0 Å². The van der Waals surface area contributed by atoms with E-state index in [-0.39, 0.29) is 30.0 Å². The highest BCUT2D eigenvalue weighted by Gasteiger charge is 2.24. The first kappa shape index (κ1) is 21.5. The van der Waals surface area contributed by atoms with Crippen LogP contribution >= 0.6 is 0 Å². The number of piperidine rings is 1. The van der Waals surface area contributed by atoms with Gasteiger partial charge in [-0.2, -0.15) is 0 Å². The van der Waals surface area contributed by atoms with E-state index in [9.17, 15) is 14.0 Å². The van der Waals surface area contributed by atoms with E-state index in [1.165, 1.54) is 12.1 Å². The number of carbonyl (C=O) groups is 2. The Balaban J connectivity index is 1.29. The Hall–Kier alpha value is -3.68. The van der Waals surface area contributed by atoms with E-state index in [1.54, 1.807) is 6.07 Å². The molecule has 1 saturated heterocycles. The van der Waals surface area contributed by atoms with Gasteiger partial charge in [-0.05, 0) is 37.5 Å². The normalized spacial score (nSPS) is 15.9. The molecule has 166 valence electrons. The zero-order valence-electron chi connectivity index (χ0n) is 17.8. The molecule has 1 unspecified atom stereocenters. The van der Waals surface area contributed by atoms with E-state index in [0.29, 0.717) is 18.0 Å². The van der Waals surface area contributed by atoms with Crippen molar-refractivity contribution in [2.45, 2.75) is 25.8 Å². The molecule has 4 rings (SSSR count). The Labute approximate surface area is 185 Å². The van der Waals surface area contributed by atoms with Crippen molar-refractivity contribution in [2.24, 2.45) is 0 Å². The number of anilines is 1. The van der Waals surface area contributed by atoms with Crippen LogP contribution < -0.4 is 15.5 Å². The van der Waals surface area contributed by atoms with Gasteiger partial charge in [-0.25, -0.2) is 4.39 Å². The molecule has 1 aliphatic rings. The monoisotopic (exact) mass is 436 g/mol. The van der Waals surface area contributed by atoms with Crippen LogP contribution in [0.15, 0.2) is 59.1 Å². The molecule has 2 N–H and O–H groups in total. The van der Waals surface area contributed by atoms with Gasteiger partial charge in [0, 0.05) is 30.8 Å². The molecule has 2 heterocycles. The van der Waals surface area contributed by atoms with Crippen LogP contribution in [0.4, 0.5) is 10.1 Å². The SMILES string of the molecule is Cc1ccc(F)c(N2CCCC(NC(=O)CNC(=O)c3cc(-c4ccccc4)on3)C2)c1. The lowest BCUT2D eigenvalue weighted by molar-refractivity contribution is -0.120. The molecule has 0 bridgehead atoms. The predicted molar refractivity (Wildman–Crippen MR) is 119 cm³/mol. The zero-order chi connectivity index (χ0) is 22.5. The third-order valence-corrected chi connectivity index (χ3v) is 5.44. The number of halogens is 1. The Kier molecular flexibility index (Phi) is 6.49. The molecule has 32 heavy (non-hydrogen) atoms. The molecule has 3 aromatic rings. The summed E-state index contributed by atoms with van der Waals surface area (Å²) in [5, 5.41) is 9.28. The second kappa shape index (κ2) is 9.64. The minimum absolute atomic E-state index is 0.107. The summed E-state index contributed by atoms with van der Waals surface area (Å²) in [5.41, 5.74) is 2.45. The quantitative estimate of drug-likeness (QED) is 0.619. The molecule has 0 saturated carbocycles. The van der Waals surface area contributed by atoms with Gasteiger partial charge >= 0.3 is 0 Å². The van der Waals surface area contributed by atoms with Crippen molar-refractivity contribution in [2.75, 3.05) is 24.5 Å². The fourth-order valence-electron chi connectivity index (χ4n) is 3.83. The Morgan fingerprint density at radius 1 is 1.19 bits per heavy atom. The van der Waals surface area contributed by atoms with Crippen molar-refractivity contribution >= 4 is 17.5 Å². The van der Waals surface area contributed by atoms with Crippen LogP contribution in [-0.2, 0) is 4.79 Å². The summed E-state index contributed by atoms with van der Waals surface area (Å²) in [4.78, 5) is 26.7. The average Bonchev–Trinajstić information content (AvgIpc) is 3.30. The number of aromatic nitrogens is 1. The molecule has 1 aliphatic heterocycles. The fraction of sp³-hybridized carbons (Fsp3) is 0.292. The maximum absolute atomic E-state index is 14.2. The lowest BCUT2D eigenvalue weighted by Gasteiger charge is -2.35. The molecular formula is C24H25FN4O3. The van der Waals surface area contributed by atoms with Gasteiger partial charge in [-0.3, -0.25) is 9.59 Å². The molecule has 2 aromatic carbocycles. The van der Waals surface area contributed by atoms with Gasteiger partial charge in [0.25, 0.3) is 5.91 Å². The van der Waals surface area contributed by atoms with Crippen LogP contribution in [0.5, 0.6) is 0 Å². The summed E-state index contributed by atoms with van der Waals surface area (Å²) >= 11 is 0. The lowest BCUT2D eigenvalue weighted by atomic mass is 10.0. The molecule has 0 radical (unpaired) electrons. The molecule has 0 aliphatic carbocycles. The Bertz CT molecular complexity index is 1100. The maximum Gasteiger partial charge on any atom is 0.273 e. The number of hydrogen-bond acceptors (Lipinski definition) is 5. The van der Waals surface area contributed by atoms with Gasteiger partial charge in [-0.1, -0.05) is 41.6 Å². The third kappa shape index (κ3) is 5.14. The number of hydrogen-bond donors (Lipinski definition) is 2. The smallest absolute Gasteiger partial charge is 0.273 e. The highest BCUT2D eigenvalue weighted by atomic mass is 19.1. The van der Waals surface area contributed by atoms with Gasteiger partial charge in [0.05, 0.1) is 12.2 Å². The fourth-order valence-corrected chi connectivity index (χ4v) is 3.83. The van der Waals surface area contributed by atoms with Gasteiger partial charge < -0.3 is 20.1 Å². The van der Waals surface area contributed by atoms with Gasteiger partial charge in [0.15, 0.2) is 11.5 Å². The number of carbonyl (C=O) groups excluding carboxylic acids is 2. The minimum Gasteiger partial charge on any atom is -0.367 e. The standard InChI is InChI=1S/C24H25FN4O3/c1-16-9-10-19(25)21(12-16)29-11-5-8-18(15-29)27-23(30)14-26-24(31)20-13-22(32-28-20)17-6-3-2-4-7-17/h2-4,6-7,9-10,12-13,18H,5,8,11,14-15H2,1H3,(H,26,31)(H,27,30). The summed E-state index contributed by atoms with van der Waals surface area (Å²) in [5.74, 6) is -0.580. The molecule has 2 amide bonds. The van der Waals surface area contributed by atoms with Crippen molar-refractivity contribution in [3.8, 4) is 11.3 Å². The molecule has 1 atom stereocenters. The van der Waals surface area contributed by atoms with Crippen LogP contribution in [0.2, 0.25) is 0 Å². The molecule has 1 aromatic heterocycles. The maximum atomic E-state index is 14.2. The van der Waals surface area contributed by atoms with Crippen LogP contribution in [0.3, 0.4) is 0 Å². The van der Waals surface area contributed by atoms with E-state index in [0.717, 1.165) is 30.5 Å². The van der Waals surface area contributed by atoms with Crippen molar-refractivity contribution in [1.29, 1.82) is 0 Å². The number of nitrogens with one attached hydrogen (secondary N) is 2. The predicted octanol–water partition coefficient (Wildman–Crippen LogP) is 3.30. The first-order chi connectivity index (χ1) is 15.5. The van der Waals surface area contributed by atoms with Crippen molar-refractivity contribution < 1.29 is 18.5 Å². The third-order valence-electron chi connectivity index (χ3n) is 5.44. The number of nitrogens with zero attached hydrogens (tertiary/aromatic N) is 2. The second-order valence-electron chi connectivity index (χ2n) is 7.93. The number of benzene rings is 2. The first-order valence-corrected chi connectivity index (χ1v) is 10.6. The highest BCUT2D eigenvalue weighted by Crippen LogP contribution is 2.24. The largest absolute Gasteiger partial charge is 0.367 e. The molecular weight excluding hydrogens is 411 g/mol. The minimum atomic E-state index is -0.488. The van der Waals surface area contributed by atoms with Crippen LogP contribution in [0.1, 0.15) is 28.9 Å². The van der Waals surface area contributed by atoms with E-state index in [4.69, 9.17) is 4.52 Å². The van der Waals surface area contributed by atoms with Crippen molar-refractivity contribution in [3.63, 3.8) is 0 Å².